The quantitative estimate of drug-likeness (QED) is 0.613. The molecule has 1 unspecified atom stereocenters. The van der Waals surface area contributed by atoms with Gasteiger partial charge in [0.05, 0.1) is 25.8 Å². The predicted octanol–water partition coefficient (Wildman–Crippen LogP) is 3.23. The number of hydrogen-bond acceptors (Lipinski definition) is 4. The molecule has 1 aliphatic heterocycles. The molecule has 1 amide bonds. The summed E-state index contributed by atoms with van der Waals surface area (Å²) in [5.41, 5.74) is 2.10. The molecule has 1 atom stereocenters. The number of ether oxygens (including phenoxy) is 2. The SMILES string of the molecule is COC(=O)c1ccc(/C=C/C(=O)N2CCOC(c3ccc(F)cc3)C2)cc1. The van der Waals surface area contributed by atoms with Crippen molar-refractivity contribution in [3.63, 3.8) is 0 Å². The Hall–Kier alpha value is -2.99. The molecule has 140 valence electrons. The van der Waals surface area contributed by atoms with Gasteiger partial charge in [-0.05, 0) is 41.5 Å². The summed E-state index contributed by atoms with van der Waals surface area (Å²) in [5, 5.41) is 0. The monoisotopic (exact) mass is 369 g/mol. The molecule has 2 aromatic carbocycles. The van der Waals surface area contributed by atoms with Gasteiger partial charge >= 0.3 is 5.97 Å². The maximum Gasteiger partial charge on any atom is 0.337 e. The van der Waals surface area contributed by atoms with Crippen molar-refractivity contribution in [2.45, 2.75) is 6.10 Å². The first-order chi connectivity index (χ1) is 13.1. The third-order valence-corrected chi connectivity index (χ3v) is 4.37. The lowest BCUT2D eigenvalue weighted by Crippen LogP contribution is -2.41. The fourth-order valence-corrected chi connectivity index (χ4v) is 2.85. The second-order valence-corrected chi connectivity index (χ2v) is 6.14. The average Bonchev–Trinajstić information content (AvgIpc) is 2.72. The van der Waals surface area contributed by atoms with E-state index in [1.807, 2.05) is 0 Å². The number of rotatable bonds is 4. The Balaban J connectivity index is 1.62. The van der Waals surface area contributed by atoms with E-state index in [4.69, 9.17) is 4.74 Å². The van der Waals surface area contributed by atoms with Gasteiger partial charge in [-0.3, -0.25) is 4.79 Å². The summed E-state index contributed by atoms with van der Waals surface area (Å²) in [7, 11) is 1.33. The lowest BCUT2D eigenvalue weighted by atomic mass is 10.1. The lowest BCUT2D eigenvalue weighted by molar-refractivity contribution is -0.133. The fraction of sp³-hybridized carbons (Fsp3) is 0.238. The first-order valence-electron chi connectivity index (χ1n) is 8.59. The summed E-state index contributed by atoms with van der Waals surface area (Å²) in [6, 6.07) is 12.9. The van der Waals surface area contributed by atoms with Gasteiger partial charge in [-0.15, -0.1) is 0 Å². The Labute approximate surface area is 157 Å². The first kappa shape index (κ1) is 18.8. The molecule has 0 spiro atoms. The molecule has 1 heterocycles. The van der Waals surface area contributed by atoms with Crippen molar-refractivity contribution >= 4 is 18.0 Å². The number of nitrogens with zero attached hydrogens (tertiary/aromatic N) is 1. The number of carbonyl (C=O) groups excluding carboxylic acids is 2. The molecule has 0 aromatic heterocycles. The normalized spacial score (nSPS) is 17.1. The van der Waals surface area contributed by atoms with Crippen LogP contribution in [-0.2, 0) is 14.3 Å². The summed E-state index contributed by atoms with van der Waals surface area (Å²) in [6.07, 6.45) is 2.93. The number of hydrogen-bond donors (Lipinski definition) is 0. The minimum atomic E-state index is -0.401. The van der Waals surface area contributed by atoms with E-state index in [2.05, 4.69) is 4.74 Å². The molecule has 3 rings (SSSR count). The molecule has 6 heteroatoms. The van der Waals surface area contributed by atoms with Gasteiger partial charge in [-0.2, -0.15) is 0 Å². The second kappa shape index (κ2) is 8.60. The van der Waals surface area contributed by atoms with Crippen LogP contribution in [0.3, 0.4) is 0 Å². The largest absolute Gasteiger partial charge is 0.465 e. The Bertz CT molecular complexity index is 830. The molecule has 0 saturated carbocycles. The number of halogens is 1. The van der Waals surface area contributed by atoms with Gasteiger partial charge in [-0.25, -0.2) is 9.18 Å². The molecule has 0 radical (unpaired) electrons. The summed E-state index contributed by atoms with van der Waals surface area (Å²) >= 11 is 0. The van der Waals surface area contributed by atoms with Crippen LogP contribution in [0.4, 0.5) is 4.39 Å². The molecule has 1 fully saturated rings. The van der Waals surface area contributed by atoms with Gasteiger partial charge in [0.2, 0.25) is 5.91 Å². The number of amides is 1. The molecule has 0 aliphatic carbocycles. The van der Waals surface area contributed by atoms with Crippen LogP contribution in [0.5, 0.6) is 0 Å². The van der Waals surface area contributed by atoms with Crippen molar-refractivity contribution in [2.75, 3.05) is 26.8 Å². The van der Waals surface area contributed by atoms with Crippen LogP contribution in [0.2, 0.25) is 0 Å². The zero-order valence-corrected chi connectivity index (χ0v) is 14.9. The van der Waals surface area contributed by atoms with Crippen LogP contribution in [0, 0.1) is 5.82 Å². The van der Waals surface area contributed by atoms with E-state index in [1.54, 1.807) is 47.4 Å². The van der Waals surface area contributed by atoms with Gasteiger partial charge in [0, 0.05) is 12.6 Å². The molecule has 2 aromatic rings. The van der Waals surface area contributed by atoms with E-state index in [0.717, 1.165) is 11.1 Å². The third kappa shape index (κ3) is 4.80. The van der Waals surface area contributed by atoms with Crippen LogP contribution in [0.1, 0.15) is 27.6 Å². The van der Waals surface area contributed by atoms with Gasteiger partial charge in [0.15, 0.2) is 0 Å². The summed E-state index contributed by atoms with van der Waals surface area (Å²) < 4.78 is 23.4. The van der Waals surface area contributed by atoms with Crippen LogP contribution in [-0.4, -0.2) is 43.6 Å². The Morgan fingerprint density at radius 3 is 2.52 bits per heavy atom. The lowest BCUT2D eigenvalue weighted by Gasteiger charge is -2.32. The molecule has 1 aliphatic rings. The van der Waals surface area contributed by atoms with E-state index in [-0.39, 0.29) is 17.8 Å². The molecular formula is C21H20FNO4. The minimum absolute atomic E-state index is 0.123. The molecule has 5 nitrogen and oxygen atoms in total. The molecular weight excluding hydrogens is 349 g/mol. The highest BCUT2D eigenvalue weighted by atomic mass is 19.1. The molecule has 0 N–H and O–H groups in total. The van der Waals surface area contributed by atoms with Gasteiger partial charge in [0.25, 0.3) is 0 Å². The Kier molecular flexibility index (Phi) is 5.98. The summed E-state index contributed by atoms with van der Waals surface area (Å²) in [5.74, 6) is -0.826. The summed E-state index contributed by atoms with van der Waals surface area (Å²) in [4.78, 5) is 25.6. The maximum absolute atomic E-state index is 13.1. The topological polar surface area (TPSA) is 55.8 Å². The van der Waals surface area contributed by atoms with E-state index >= 15 is 0 Å². The van der Waals surface area contributed by atoms with Crippen LogP contribution in [0.15, 0.2) is 54.6 Å². The zero-order chi connectivity index (χ0) is 19.2. The third-order valence-electron chi connectivity index (χ3n) is 4.37. The summed E-state index contributed by atoms with van der Waals surface area (Å²) in [6.45, 7) is 1.34. The zero-order valence-electron chi connectivity index (χ0n) is 14.9. The smallest absolute Gasteiger partial charge is 0.337 e. The number of esters is 1. The van der Waals surface area contributed by atoms with Gasteiger partial charge < -0.3 is 14.4 Å². The van der Waals surface area contributed by atoms with Crippen molar-refractivity contribution in [3.05, 3.63) is 77.1 Å². The minimum Gasteiger partial charge on any atom is -0.465 e. The van der Waals surface area contributed by atoms with Crippen LogP contribution < -0.4 is 0 Å². The Morgan fingerprint density at radius 1 is 1.15 bits per heavy atom. The predicted molar refractivity (Wildman–Crippen MR) is 98.5 cm³/mol. The standard InChI is InChI=1S/C21H20FNO4/c1-26-21(25)17-5-2-15(3-6-17)4-11-20(24)23-12-13-27-19(14-23)16-7-9-18(22)10-8-16/h2-11,19H,12-14H2,1H3/b11-4+. The molecule has 1 saturated heterocycles. The molecule has 0 bridgehead atoms. The van der Waals surface area contributed by atoms with E-state index in [9.17, 15) is 14.0 Å². The van der Waals surface area contributed by atoms with E-state index < -0.39 is 5.97 Å². The number of methoxy groups -OCH3 is 1. The highest BCUT2D eigenvalue weighted by molar-refractivity contribution is 5.92. The van der Waals surface area contributed by atoms with E-state index in [0.29, 0.717) is 25.3 Å². The van der Waals surface area contributed by atoms with Crippen LogP contribution in [0.25, 0.3) is 6.08 Å². The molecule has 27 heavy (non-hydrogen) atoms. The van der Waals surface area contributed by atoms with Gasteiger partial charge in [0.1, 0.15) is 11.9 Å². The fourth-order valence-electron chi connectivity index (χ4n) is 2.85. The van der Waals surface area contributed by atoms with Crippen molar-refractivity contribution in [3.8, 4) is 0 Å². The first-order valence-corrected chi connectivity index (χ1v) is 8.59. The van der Waals surface area contributed by atoms with Crippen molar-refractivity contribution < 1.29 is 23.5 Å². The maximum atomic E-state index is 13.1. The van der Waals surface area contributed by atoms with Crippen molar-refractivity contribution in [1.82, 2.24) is 4.90 Å². The van der Waals surface area contributed by atoms with E-state index in [1.165, 1.54) is 25.3 Å². The number of morpholine rings is 1. The van der Waals surface area contributed by atoms with Crippen molar-refractivity contribution in [2.24, 2.45) is 0 Å². The highest BCUT2D eigenvalue weighted by Gasteiger charge is 2.24. The highest BCUT2D eigenvalue weighted by Crippen LogP contribution is 2.22. The second-order valence-electron chi connectivity index (χ2n) is 6.14. The van der Waals surface area contributed by atoms with Crippen LogP contribution >= 0.6 is 0 Å². The van der Waals surface area contributed by atoms with Crippen molar-refractivity contribution in [1.29, 1.82) is 0 Å². The average molecular weight is 369 g/mol. The number of benzene rings is 2. The van der Waals surface area contributed by atoms with Gasteiger partial charge in [-0.1, -0.05) is 24.3 Å². The Morgan fingerprint density at radius 2 is 1.85 bits per heavy atom. The number of carbonyl (C=O) groups is 2.